The highest BCUT2D eigenvalue weighted by atomic mass is 35.5. The molecule has 2 aromatic rings. The van der Waals surface area contributed by atoms with Crippen LogP contribution in [0.25, 0.3) is 0 Å². The molecule has 21 heavy (non-hydrogen) atoms. The summed E-state index contributed by atoms with van der Waals surface area (Å²) in [6, 6.07) is 10.3. The molecule has 0 aliphatic carbocycles. The standard InChI is InChI=1S/C15H14ClN3O2/c1-10(20)19-13-4-2-11(3-5-13)9-18-15(21)14-8-12(16)6-7-17-14/h2-8H,9H2,1H3,(H,18,21)(H,19,20). The Balaban J connectivity index is 1.93. The summed E-state index contributed by atoms with van der Waals surface area (Å²) in [5.74, 6) is -0.411. The van der Waals surface area contributed by atoms with Gasteiger partial charge in [0.1, 0.15) is 5.69 Å². The van der Waals surface area contributed by atoms with Crippen LogP contribution in [0.15, 0.2) is 42.6 Å². The van der Waals surface area contributed by atoms with Crippen molar-refractivity contribution in [2.24, 2.45) is 0 Å². The van der Waals surface area contributed by atoms with E-state index in [0.29, 0.717) is 17.3 Å². The number of rotatable bonds is 4. The molecule has 0 bridgehead atoms. The Labute approximate surface area is 127 Å². The monoisotopic (exact) mass is 303 g/mol. The van der Waals surface area contributed by atoms with Gasteiger partial charge in [-0.25, -0.2) is 0 Å². The number of anilines is 1. The van der Waals surface area contributed by atoms with Gasteiger partial charge < -0.3 is 10.6 Å². The second kappa shape index (κ2) is 6.85. The molecule has 0 aliphatic rings. The van der Waals surface area contributed by atoms with Crippen molar-refractivity contribution in [3.63, 3.8) is 0 Å². The predicted octanol–water partition coefficient (Wildman–Crippen LogP) is 2.62. The van der Waals surface area contributed by atoms with Crippen molar-refractivity contribution in [2.75, 3.05) is 5.32 Å². The van der Waals surface area contributed by atoms with Crippen LogP contribution in [0.4, 0.5) is 5.69 Å². The third-order valence-corrected chi connectivity index (χ3v) is 2.92. The minimum Gasteiger partial charge on any atom is -0.347 e. The van der Waals surface area contributed by atoms with Gasteiger partial charge in [-0.3, -0.25) is 14.6 Å². The fourth-order valence-electron chi connectivity index (χ4n) is 1.71. The van der Waals surface area contributed by atoms with E-state index in [1.807, 2.05) is 12.1 Å². The summed E-state index contributed by atoms with van der Waals surface area (Å²) in [4.78, 5) is 26.8. The summed E-state index contributed by atoms with van der Waals surface area (Å²) in [7, 11) is 0. The van der Waals surface area contributed by atoms with Gasteiger partial charge in [-0.1, -0.05) is 23.7 Å². The van der Waals surface area contributed by atoms with Gasteiger partial charge in [-0.05, 0) is 29.8 Å². The average molecular weight is 304 g/mol. The van der Waals surface area contributed by atoms with E-state index in [4.69, 9.17) is 11.6 Å². The summed E-state index contributed by atoms with van der Waals surface area (Å²) in [5.41, 5.74) is 1.91. The van der Waals surface area contributed by atoms with E-state index in [1.165, 1.54) is 19.2 Å². The van der Waals surface area contributed by atoms with E-state index in [2.05, 4.69) is 15.6 Å². The number of halogens is 1. The van der Waals surface area contributed by atoms with Gasteiger partial charge in [0.05, 0.1) is 0 Å². The minimum atomic E-state index is -0.288. The first kappa shape index (κ1) is 15.0. The molecule has 5 nitrogen and oxygen atoms in total. The molecule has 1 heterocycles. The number of carbonyl (C=O) groups is 2. The Morgan fingerprint density at radius 3 is 2.52 bits per heavy atom. The molecule has 0 fully saturated rings. The molecule has 0 saturated heterocycles. The normalized spacial score (nSPS) is 10.0. The lowest BCUT2D eigenvalue weighted by Crippen LogP contribution is -2.23. The fourth-order valence-corrected chi connectivity index (χ4v) is 1.87. The summed E-state index contributed by atoms with van der Waals surface area (Å²) < 4.78 is 0. The number of benzene rings is 1. The number of carbonyl (C=O) groups excluding carboxylic acids is 2. The molecule has 0 spiro atoms. The van der Waals surface area contributed by atoms with Crippen LogP contribution in [0.1, 0.15) is 23.0 Å². The Morgan fingerprint density at radius 2 is 1.90 bits per heavy atom. The summed E-state index contributed by atoms with van der Waals surface area (Å²) in [5, 5.41) is 5.90. The van der Waals surface area contributed by atoms with E-state index in [9.17, 15) is 9.59 Å². The highest BCUT2D eigenvalue weighted by molar-refractivity contribution is 6.30. The second-order valence-corrected chi connectivity index (χ2v) is 4.86. The number of hydrogen-bond acceptors (Lipinski definition) is 3. The van der Waals surface area contributed by atoms with Crippen molar-refractivity contribution < 1.29 is 9.59 Å². The lowest BCUT2D eigenvalue weighted by atomic mass is 10.2. The smallest absolute Gasteiger partial charge is 0.270 e. The molecule has 1 aromatic carbocycles. The molecular formula is C15H14ClN3O2. The first-order chi connectivity index (χ1) is 10.0. The van der Waals surface area contributed by atoms with Gasteiger partial charge in [0.2, 0.25) is 5.91 Å². The zero-order chi connectivity index (χ0) is 15.2. The van der Waals surface area contributed by atoms with Gasteiger partial charge in [-0.15, -0.1) is 0 Å². The first-order valence-electron chi connectivity index (χ1n) is 6.31. The zero-order valence-electron chi connectivity index (χ0n) is 11.4. The Morgan fingerprint density at radius 1 is 1.19 bits per heavy atom. The highest BCUT2D eigenvalue weighted by Crippen LogP contribution is 2.10. The lowest BCUT2D eigenvalue weighted by Gasteiger charge is -2.06. The molecule has 0 radical (unpaired) electrons. The van der Waals surface area contributed by atoms with Crippen molar-refractivity contribution in [1.82, 2.24) is 10.3 Å². The molecule has 1 aromatic heterocycles. The summed E-state index contributed by atoms with van der Waals surface area (Å²) in [6.07, 6.45) is 1.49. The van der Waals surface area contributed by atoms with E-state index in [-0.39, 0.29) is 17.5 Å². The van der Waals surface area contributed by atoms with E-state index >= 15 is 0 Å². The minimum absolute atomic E-state index is 0.122. The molecule has 0 saturated carbocycles. The highest BCUT2D eigenvalue weighted by Gasteiger charge is 2.07. The zero-order valence-corrected chi connectivity index (χ0v) is 12.1. The maximum atomic E-state index is 11.9. The number of aromatic nitrogens is 1. The van der Waals surface area contributed by atoms with Crippen LogP contribution in [-0.2, 0) is 11.3 Å². The molecule has 2 amide bonds. The van der Waals surface area contributed by atoms with Gasteiger partial charge in [-0.2, -0.15) is 0 Å². The van der Waals surface area contributed by atoms with Crippen LogP contribution in [-0.4, -0.2) is 16.8 Å². The Hall–Kier alpha value is -2.40. The van der Waals surface area contributed by atoms with Crippen molar-refractivity contribution in [2.45, 2.75) is 13.5 Å². The Kier molecular flexibility index (Phi) is 4.90. The number of nitrogens with zero attached hydrogens (tertiary/aromatic N) is 1. The maximum absolute atomic E-state index is 11.9. The van der Waals surface area contributed by atoms with Gasteiger partial charge in [0.25, 0.3) is 5.91 Å². The fraction of sp³-hybridized carbons (Fsp3) is 0.133. The lowest BCUT2D eigenvalue weighted by molar-refractivity contribution is -0.114. The van der Waals surface area contributed by atoms with E-state index in [0.717, 1.165) is 5.56 Å². The number of amides is 2. The topological polar surface area (TPSA) is 71.1 Å². The maximum Gasteiger partial charge on any atom is 0.270 e. The molecule has 0 unspecified atom stereocenters. The number of nitrogens with one attached hydrogen (secondary N) is 2. The van der Waals surface area contributed by atoms with Gasteiger partial charge >= 0.3 is 0 Å². The van der Waals surface area contributed by atoms with Gasteiger partial charge in [0.15, 0.2) is 0 Å². The molecule has 0 atom stereocenters. The molecule has 108 valence electrons. The Bertz CT molecular complexity index is 656. The van der Waals surface area contributed by atoms with Crippen molar-refractivity contribution >= 4 is 29.1 Å². The van der Waals surface area contributed by atoms with Gasteiger partial charge in [0, 0.05) is 30.4 Å². The largest absolute Gasteiger partial charge is 0.347 e. The molecule has 2 rings (SSSR count). The average Bonchev–Trinajstić information content (AvgIpc) is 2.45. The van der Waals surface area contributed by atoms with Crippen molar-refractivity contribution in [3.05, 3.63) is 58.9 Å². The summed E-state index contributed by atoms with van der Waals surface area (Å²) in [6.45, 7) is 1.82. The predicted molar refractivity (Wildman–Crippen MR) is 81.2 cm³/mol. The second-order valence-electron chi connectivity index (χ2n) is 4.42. The third-order valence-electron chi connectivity index (χ3n) is 2.68. The summed E-state index contributed by atoms with van der Waals surface area (Å²) >= 11 is 5.81. The third kappa shape index (κ3) is 4.57. The van der Waals surface area contributed by atoms with Crippen molar-refractivity contribution in [3.8, 4) is 0 Å². The molecule has 6 heteroatoms. The van der Waals surface area contributed by atoms with Crippen LogP contribution < -0.4 is 10.6 Å². The number of pyridine rings is 1. The van der Waals surface area contributed by atoms with Crippen LogP contribution >= 0.6 is 11.6 Å². The van der Waals surface area contributed by atoms with Crippen LogP contribution in [0.3, 0.4) is 0 Å². The SMILES string of the molecule is CC(=O)Nc1ccc(CNC(=O)c2cc(Cl)ccn2)cc1. The molecule has 0 aliphatic heterocycles. The van der Waals surface area contributed by atoms with Crippen LogP contribution in [0.2, 0.25) is 5.02 Å². The van der Waals surface area contributed by atoms with Crippen LogP contribution in [0.5, 0.6) is 0 Å². The van der Waals surface area contributed by atoms with Crippen molar-refractivity contribution in [1.29, 1.82) is 0 Å². The quantitative estimate of drug-likeness (QED) is 0.912. The number of hydrogen-bond donors (Lipinski definition) is 2. The molecule has 2 N–H and O–H groups in total. The van der Waals surface area contributed by atoms with E-state index < -0.39 is 0 Å². The van der Waals surface area contributed by atoms with Crippen LogP contribution in [0, 0.1) is 0 Å². The van der Waals surface area contributed by atoms with E-state index in [1.54, 1.807) is 18.2 Å². The first-order valence-corrected chi connectivity index (χ1v) is 6.68. The molecular weight excluding hydrogens is 290 g/mol.